The molecule has 17 heavy (non-hydrogen) atoms. The van der Waals surface area contributed by atoms with Gasteiger partial charge in [0.2, 0.25) is 0 Å². The van der Waals surface area contributed by atoms with Crippen molar-refractivity contribution >= 4 is 16.7 Å². The van der Waals surface area contributed by atoms with Crippen LogP contribution in [0, 0.1) is 0 Å². The van der Waals surface area contributed by atoms with Gasteiger partial charge in [-0.1, -0.05) is 20.3 Å². The fourth-order valence-corrected chi connectivity index (χ4v) is 1.39. The van der Waals surface area contributed by atoms with Crippen LogP contribution in [0.2, 0.25) is 0 Å². The van der Waals surface area contributed by atoms with Crippen molar-refractivity contribution in [2.24, 2.45) is 0 Å². The van der Waals surface area contributed by atoms with E-state index >= 15 is 0 Å². The number of Topliss-reactive ketones (excluding diaryl/α,β-unsaturated/α-hetero) is 1. The highest BCUT2D eigenvalue weighted by Gasteiger charge is 2.08. The molecule has 0 aliphatic rings. The summed E-state index contributed by atoms with van der Waals surface area (Å²) in [7, 11) is 1.58. The number of aromatic amines is 1. The Kier molecular flexibility index (Phi) is 4.69. The number of H-pyrrole nitrogens is 1. The molecule has 0 saturated heterocycles. The lowest BCUT2D eigenvalue weighted by molar-refractivity contribution is 0.101. The lowest BCUT2D eigenvalue weighted by atomic mass is 10.1. The summed E-state index contributed by atoms with van der Waals surface area (Å²) in [6.07, 6.45) is 2.93. The second-order valence-corrected chi connectivity index (χ2v) is 3.77. The Hall–Kier alpha value is -1.84. The van der Waals surface area contributed by atoms with E-state index in [1.165, 1.54) is 13.3 Å². The van der Waals surface area contributed by atoms with Crippen LogP contribution in [0.4, 0.5) is 0 Å². The quantitative estimate of drug-likeness (QED) is 0.813. The fraction of sp³-hybridized carbons (Fsp3) is 0.385. The van der Waals surface area contributed by atoms with Gasteiger partial charge in [0.25, 0.3) is 0 Å². The largest absolute Gasteiger partial charge is 0.496 e. The summed E-state index contributed by atoms with van der Waals surface area (Å²) in [4.78, 5) is 11.2. The third kappa shape index (κ3) is 3.06. The average Bonchev–Trinajstić information content (AvgIpc) is 2.76. The molecule has 1 N–H and O–H groups in total. The van der Waals surface area contributed by atoms with Crippen molar-refractivity contribution in [3.63, 3.8) is 0 Å². The Balaban J connectivity index is 0.000000660. The molecule has 0 bridgehead atoms. The van der Waals surface area contributed by atoms with Gasteiger partial charge in [-0.15, -0.1) is 0 Å². The summed E-state index contributed by atoms with van der Waals surface area (Å²) in [6.45, 7) is 5.77. The standard InChI is InChI=1S/C10H10N2O2.C3H8.H2/c1-6(13)7-3-9-8(5-11-12-9)10(4-7)14-2;1-3-2;/h3-5H,1-2H3,(H,11,12);3H2,1-2H3;1H. The zero-order chi connectivity index (χ0) is 12.8. The number of aromatic nitrogens is 2. The van der Waals surface area contributed by atoms with Crippen molar-refractivity contribution in [1.29, 1.82) is 0 Å². The van der Waals surface area contributed by atoms with Crippen molar-refractivity contribution in [1.82, 2.24) is 10.2 Å². The Bertz CT molecular complexity index is 509. The number of benzene rings is 1. The topological polar surface area (TPSA) is 55.0 Å². The van der Waals surface area contributed by atoms with Gasteiger partial charge >= 0.3 is 0 Å². The summed E-state index contributed by atoms with van der Waals surface area (Å²) in [5, 5.41) is 7.59. The predicted octanol–water partition coefficient (Wildman–Crippen LogP) is 3.44. The molecule has 0 spiro atoms. The van der Waals surface area contributed by atoms with Gasteiger partial charge in [-0.2, -0.15) is 5.10 Å². The molecule has 1 heterocycles. The Morgan fingerprint density at radius 1 is 1.47 bits per heavy atom. The van der Waals surface area contributed by atoms with Crippen LogP contribution in [0.1, 0.15) is 39.0 Å². The second kappa shape index (κ2) is 6.03. The fourth-order valence-electron chi connectivity index (χ4n) is 1.39. The van der Waals surface area contributed by atoms with E-state index in [1.807, 2.05) is 0 Å². The number of nitrogens with zero attached hydrogens (tertiary/aromatic N) is 1. The van der Waals surface area contributed by atoms with Gasteiger partial charge in [0, 0.05) is 6.99 Å². The van der Waals surface area contributed by atoms with Gasteiger partial charge in [0.05, 0.1) is 24.2 Å². The molecule has 0 unspecified atom stereocenters. The van der Waals surface area contributed by atoms with Crippen LogP contribution < -0.4 is 4.74 Å². The maximum Gasteiger partial charge on any atom is 0.160 e. The number of hydrogen-bond donors (Lipinski definition) is 1. The maximum absolute atomic E-state index is 11.2. The van der Waals surface area contributed by atoms with E-state index in [9.17, 15) is 4.79 Å². The van der Waals surface area contributed by atoms with Gasteiger partial charge in [-0.25, -0.2) is 0 Å². The summed E-state index contributed by atoms with van der Waals surface area (Å²) in [5.41, 5.74) is 1.44. The zero-order valence-corrected chi connectivity index (χ0v) is 10.7. The third-order valence-electron chi connectivity index (χ3n) is 2.15. The van der Waals surface area contributed by atoms with Crippen LogP contribution in [0.5, 0.6) is 5.75 Å². The average molecular weight is 236 g/mol. The molecule has 4 nitrogen and oxygen atoms in total. The number of carbonyl (C=O) groups excluding carboxylic acids is 1. The molecule has 0 radical (unpaired) electrons. The van der Waals surface area contributed by atoms with Gasteiger partial charge in [0.15, 0.2) is 5.78 Å². The molecule has 0 aliphatic carbocycles. The molecule has 2 rings (SSSR count). The first-order valence-electron chi connectivity index (χ1n) is 5.66. The Morgan fingerprint density at radius 3 is 2.65 bits per heavy atom. The Labute approximate surface area is 102 Å². The molecule has 0 saturated carbocycles. The molecular weight excluding hydrogens is 216 g/mol. The highest BCUT2D eigenvalue weighted by Crippen LogP contribution is 2.25. The van der Waals surface area contributed by atoms with E-state index in [1.54, 1.807) is 25.4 Å². The maximum atomic E-state index is 11.2. The van der Waals surface area contributed by atoms with E-state index < -0.39 is 0 Å². The van der Waals surface area contributed by atoms with E-state index in [2.05, 4.69) is 24.0 Å². The highest BCUT2D eigenvalue weighted by atomic mass is 16.5. The van der Waals surface area contributed by atoms with Gasteiger partial charge < -0.3 is 4.74 Å². The van der Waals surface area contributed by atoms with Crippen molar-refractivity contribution < 1.29 is 11.0 Å². The normalized spacial score (nSPS) is 9.65. The van der Waals surface area contributed by atoms with Crippen LogP contribution in [0.15, 0.2) is 18.3 Å². The molecule has 1 aromatic heterocycles. The molecular formula is C13H20N2O2. The van der Waals surface area contributed by atoms with Crippen LogP contribution >= 0.6 is 0 Å². The van der Waals surface area contributed by atoms with Crippen molar-refractivity contribution in [2.45, 2.75) is 27.2 Å². The van der Waals surface area contributed by atoms with Crippen molar-refractivity contribution in [2.75, 3.05) is 7.11 Å². The summed E-state index contributed by atoms with van der Waals surface area (Å²) < 4.78 is 5.16. The van der Waals surface area contributed by atoms with Crippen LogP contribution in [0.25, 0.3) is 10.9 Å². The molecule has 2 aromatic rings. The monoisotopic (exact) mass is 236 g/mol. The van der Waals surface area contributed by atoms with E-state index in [0.29, 0.717) is 11.3 Å². The summed E-state index contributed by atoms with van der Waals surface area (Å²) in [5.74, 6) is 0.682. The lowest BCUT2D eigenvalue weighted by Gasteiger charge is -2.03. The third-order valence-corrected chi connectivity index (χ3v) is 2.15. The van der Waals surface area contributed by atoms with Crippen LogP contribution in [-0.2, 0) is 0 Å². The first kappa shape index (κ1) is 13.2. The minimum absolute atomic E-state index is 0. The molecule has 4 heteroatoms. The first-order chi connectivity index (χ1) is 8.13. The number of carbonyl (C=O) groups is 1. The van der Waals surface area contributed by atoms with E-state index in [0.717, 1.165) is 10.9 Å². The van der Waals surface area contributed by atoms with Gasteiger partial charge in [-0.05, 0) is 19.1 Å². The predicted molar refractivity (Wildman–Crippen MR) is 70.7 cm³/mol. The molecule has 0 atom stereocenters. The molecule has 0 fully saturated rings. The van der Waals surface area contributed by atoms with Crippen LogP contribution in [-0.4, -0.2) is 23.1 Å². The minimum Gasteiger partial charge on any atom is -0.496 e. The smallest absolute Gasteiger partial charge is 0.160 e. The highest BCUT2D eigenvalue weighted by molar-refractivity contribution is 5.99. The second-order valence-electron chi connectivity index (χ2n) is 3.77. The first-order valence-corrected chi connectivity index (χ1v) is 5.66. The van der Waals surface area contributed by atoms with Crippen molar-refractivity contribution in [3.8, 4) is 5.75 Å². The SMILES string of the molecule is CCC.COc1cc(C(C)=O)cc2[nH]ncc12.[HH]. The van der Waals surface area contributed by atoms with Gasteiger partial charge in [-0.3, -0.25) is 9.89 Å². The number of ether oxygens (including phenoxy) is 1. The lowest BCUT2D eigenvalue weighted by Crippen LogP contribution is -1.93. The minimum atomic E-state index is 0. The van der Waals surface area contributed by atoms with E-state index in [4.69, 9.17) is 4.74 Å². The zero-order valence-electron chi connectivity index (χ0n) is 10.7. The molecule has 0 aliphatic heterocycles. The van der Waals surface area contributed by atoms with Crippen molar-refractivity contribution in [3.05, 3.63) is 23.9 Å². The molecule has 0 amide bonds. The number of ketones is 1. The molecule has 1 aromatic carbocycles. The van der Waals surface area contributed by atoms with Crippen LogP contribution in [0.3, 0.4) is 0 Å². The number of methoxy groups -OCH3 is 1. The summed E-state index contributed by atoms with van der Waals surface area (Å²) >= 11 is 0. The number of fused-ring (bicyclic) bond motifs is 1. The van der Waals surface area contributed by atoms with E-state index in [-0.39, 0.29) is 7.21 Å². The van der Waals surface area contributed by atoms with Gasteiger partial charge in [0.1, 0.15) is 5.75 Å². The number of rotatable bonds is 2. The molecule has 94 valence electrons. The number of hydrogen-bond acceptors (Lipinski definition) is 3. The number of nitrogens with one attached hydrogen (secondary N) is 1. The summed E-state index contributed by atoms with van der Waals surface area (Å²) in [6, 6.07) is 3.49. The Morgan fingerprint density at radius 2 is 2.12 bits per heavy atom.